The third kappa shape index (κ3) is 3.34. The third-order valence-electron chi connectivity index (χ3n) is 3.40. The van der Waals surface area contributed by atoms with Crippen LogP contribution in [0.1, 0.15) is 16.7 Å². The van der Waals surface area contributed by atoms with Crippen molar-refractivity contribution in [1.82, 2.24) is 0 Å². The van der Waals surface area contributed by atoms with E-state index in [0.29, 0.717) is 5.56 Å². The molecule has 0 aromatic heterocycles. The lowest BCUT2D eigenvalue weighted by atomic mass is 9.86. The Hall–Kier alpha value is -2.86. The van der Waals surface area contributed by atoms with Gasteiger partial charge in [0.05, 0.1) is 0 Å². The molecule has 0 fully saturated rings. The minimum atomic E-state index is -6.16. The molecular weight excluding hydrogens is 342 g/mol. The van der Waals surface area contributed by atoms with Crippen molar-refractivity contribution in [2.45, 2.75) is 17.8 Å². The molecule has 2 aromatic carbocycles. The molecule has 0 bridgehead atoms. The van der Waals surface area contributed by atoms with Gasteiger partial charge in [0.25, 0.3) is 5.67 Å². The molecule has 0 radical (unpaired) electrons. The topological polar surface area (TPSA) is 0 Å². The maximum absolute atomic E-state index is 14.7. The standard InChI is InChI=1S/C19H10F6/c1-2-17(20,18(21,22)19(23,24)25)16-11-7-6-10-15(16)13-12-14-8-4-3-5-9-14/h1,3-11H. The van der Waals surface area contributed by atoms with Crippen LogP contribution in [0.3, 0.4) is 0 Å². The fourth-order valence-electron chi connectivity index (χ4n) is 2.09. The number of hydrogen-bond acceptors (Lipinski definition) is 0. The second kappa shape index (κ2) is 6.57. The van der Waals surface area contributed by atoms with Gasteiger partial charge in [0.15, 0.2) is 0 Å². The number of rotatable bonds is 2. The summed E-state index contributed by atoms with van der Waals surface area (Å²) in [6.07, 6.45) is -1.41. The quantitative estimate of drug-likeness (QED) is 0.522. The minimum absolute atomic E-state index is 0.351. The molecule has 0 heterocycles. The van der Waals surface area contributed by atoms with Crippen LogP contribution in [0.25, 0.3) is 0 Å². The summed E-state index contributed by atoms with van der Waals surface area (Å²) < 4.78 is 80.2. The first-order chi connectivity index (χ1) is 11.6. The Kier molecular flexibility index (Phi) is 4.85. The van der Waals surface area contributed by atoms with Crippen molar-refractivity contribution in [3.63, 3.8) is 0 Å². The number of alkyl halides is 6. The van der Waals surface area contributed by atoms with Crippen molar-refractivity contribution in [2.24, 2.45) is 0 Å². The first kappa shape index (κ1) is 18.5. The lowest BCUT2D eigenvalue weighted by Crippen LogP contribution is -2.52. The van der Waals surface area contributed by atoms with Crippen molar-refractivity contribution in [2.75, 3.05) is 0 Å². The van der Waals surface area contributed by atoms with E-state index in [4.69, 9.17) is 6.42 Å². The zero-order chi connectivity index (χ0) is 18.7. The van der Waals surface area contributed by atoms with Gasteiger partial charge < -0.3 is 0 Å². The molecule has 0 N–H and O–H groups in total. The molecule has 2 rings (SSSR count). The van der Waals surface area contributed by atoms with Crippen molar-refractivity contribution >= 4 is 0 Å². The summed E-state index contributed by atoms with van der Waals surface area (Å²) >= 11 is 0. The minimum Gasteiger partial charge on any atom is -0.217 e. The molecule has 0 aliphatic heterocycles. The van der Waals surface area contributed by atoms with Crippen LogP contribution >= 0.6 is 0 Å². The summed E-state index contributed by atoms with van der Waals surface area (Å²) in [4.78, 5) is 0. The lowest BCUT2D eigenvalue weighted by Gasteiger charge is -2.31. The molecule has 0 spiro atoms. The summed E-state index contributed by atoms with van der Waals surface area (Å²) in [7, 11) is 0. The van der Waals surface area contributed by atoms with E-state index < -0.39 is 23.3 Å². The second-order valence-electron chi connectivity index (χ2n) is 5.04. The number of terminal acetylenes is 1. The van der Waals surface area contributed by atoms with Gasteiger partial charge in [-0.15, -0.1) is 6.42 Å². The molecule has 0 saturated heterocycles. The van der Waals surface area contributed by atoms with Crippen LogP contribution in [0.4, 0.5) is 26.3 Å². The highest BCUT2D eigenvalue weighted by Gasteiger charge is 2.72. The highest BCUT2D eigenvalue weighted by molar-refractivity contribution is 5.51. The maximum Gasteiger partial charge on any atom is 0.458 e. The summed E-state index contributed by atoms with van der Waals surface area (Å²) in [5.74, 6) is 0.180. The van der Waals surface area contributed by atoms with E-state index >= 15 is 0 Å². The number of benzene rings is 2. The Morgan fingerprint density at radius 1 is 0.720 bits per heavy atom. The van der Waals surface area contributed by atoms with Crippen LogP contribution < -0.4 is 0 Å². The van der Waals surface area contributed by atoms with Crippen LogP contribution in [0.15, 0.2) is 54.6 Å². The highest BCUT2D eigenvalue weighted by Crippen LogP contribution is 2.51. The molecule has 0 saturated carbocycles. The monoisotopic (exact) mass is 352 g/mol. The molecule has 1 unspecified atom stereocenters. The van der Waals surface area contributed by atoms with Crippen LogP contribution in [0.5, 0.6) is 0 Å². The van der Waals surface area contributed by atoms with E-state index in [1.807, 2.05) is 0 Å². The van der Waals surface area contributed by atoms with Gasteiger partial charge in [-0.3, -0.25) is 0 Å². The summed E-state index contributed by atoms with van der Waals surface area (Å²) in [5, 5.41) is 0. The molecule has 25 heavy (non-hydrogen) atoms. The zero-order valence-electron chi connectivity index (χ0n) is 12.5. The number of hydrogen-bond donors (Lipinski definition) is 0. The van der Waals surface area contributed by atoms with Gasteiger partial charge in [-0.05, 0) is 18.2 Å². The van der Waals surface area contributed by atoms with Crippen LogP contribution in [0, 0.1) is 24.2 Å². The molecule has 2 aromatic rings. The van der Waals surface area contributed by atoms with Gasteiger partial charge in [0.1, 0.15) is 0 Å². The zero-order valence-corrected chi connectivity index (χ0v) is 12.5. The molecule has 0 aliphatic carbocycles. The SMILES string of the molecule is C#CC(F)(c1ccccc1C#Cc1ccccc1)C(F)(F)C(F)(F)F. The average Bonchev–Trinajstić information content (AvgIpc) is 2.59. The molecule has 0 amide bonds. The summed E-state index contributed by atoms with van der Waals surface area (Å²) in [5.41, 5.74) is -5.27. The van der Waals surface area contributed by atoms with Gasteiger partial charge in [0.2, 0.25) is 0 Å². The van der Waals surface area contributed by atoms with Gasteiger partial charge in [-0.1, -0.05) is 54.2 Å². The molecule has 1 atom stereocenters. The van der Waals surface area contributed by atoms with E-state index in [1.54, 1.807) is 30.3 Å². The normalized spacial score (nSPS) is 14.0. The Morgan fingerprint density at radius 3 is 1.84 bits per heavy atom. The molecule has 0 aliphatic rings. The largest absolute Gasteiger partial charge is 0.458 e. The predicted octanol–water partition coefficient (Wildman–Crippen LogP) is 5.08. The van der Waals surface area contributed by atoms with E-state index in [9.17, 15) is 26.3 Å². The Morgan fingerprint density at radius 2 is 1.28 bits per heavy atom. The first-order valence-corrected chi connectivity index (χ1v) is 6.91. The highest BCUT2D eigenvalue weighted by atomic mass is 19.4. The summed E-state index contributed by atoms with van der Waals surface area (Å²) in [6, 6.07) is 12.6. The fraction of sp³-hybridized carbons (Fsp3) is 0.158. The average molecular weight is 352 g/mol. The Labute approximate surface area is 140 Å². The van der Waals surface area contributed by atoms with Gasteiger partial charge in [0, 0.05) is 16.7 Å². The number of halogens is 6. The van der Waals surface area contributed by atoms with E-state index in [0.717, 1.165) is 24.1 Å². The molecular formula is C19H10F6. The van der Waals surface area contributed by atoms with Crippen LogP contribution in [0.2, 0.25) is 0 Å². The van der Waals surface area contributed by atoms with Gasteiger partial charge >= 0.3 is 12.1 Å². The summed E-state index contributed by atoms with van der Waals surface area (Å²) in [6.45, 7) is 0. The van der Waals surface area contributed by atoms with Crippen LogP contribution in [-0.2, 0) is 5.67 Å². The fourth-order valence-corrected chi connectivity index (χ4v) is 2.09. The second-order valence-corrected chi connectivity index (χ2v) is 5.04. The van der Waals surface area contributed by atoms with Gasteiger partial charge in [-0.25, -0.2) is 4.39 Å². The van der Waals surface area contributed by atoms with Gasteiger partial charge in [-0.2, -0.15) is 22.0 Å². The maximum atomic E-state index is 14.7. The first-order valence-electron chi connectivity index (χ1n) is 6.91. The van der Waals surface area contributed by atoms with Crippen molar-refractivity contribution in [1.29, 1.82) is 0 Å². The molecule has 6 heteroatoms. The van der Waals surface area contributed by atoms with E-state index in [1.165, 1.54) is 6.07 Å². The third-order valence-corrected chi connectivity index (χ3v) is 3.40. The Balaban J connectivity index is 2.61. The predicted molar refractivity (Wildman–Crippen MR) is 81.5 cm³/mol. The van der Waals surface area contributed by atoms with Crippen molar-refractivity contribution in [3.8, 4) is 24.2 Å². The lowest BCUT2D eigenvalue weighted by molar-refractivity contribution is -0.319. The molecule has 128 valence electrons. The van der Waals surface area contributed by atoms with E-state index in [2.05, 4.69) is 11.8 Å². The van der Waals surface area contributed by atoms with E-state index in [-0.39, 0.29) is 5.56 Å². The smallest absolute Gasteiger partial charge is 0.217 e. The van der Waals surface area contributed by atoms with Crippen molar-refractivity contribution < 1.29 is 26.3 Å². The van der Waals surface area contributed by atoms with Crippen molar-refractivity contribution in [3.05, 3.63) is 71.3 Å². The van der Waals surface area contributed by atoms with Crippen LogP contribution in [-0.4, -0.2) is 12.1 Å². The Bertz CT molecular complexity index is 849. The molecule has 0 nitrogen and oxygen atoms in total.